The van der Waals surface area contributed by atoms with Gasteiger partial charge < -0.3 is 19.8 Å². The molecule has 2 N–H and O–H groups in total. The number of amides is 1. The van der Waals surface area contributed by atoms with Crippen LogP contribution in [0.3, 0.4) is 0 Å². The third-order valence-electron chi connectivity index (χ3n) is 11.1. The van der Waals surface area contributed by atoms with Gasteiger partial charge in [-0.2, -0.15) is 0 Å². The molecular formula is C32H38N2O4. The van der Waals surface area contributed by atoms with Crippen LogP contribution in [0, 0.1) is 18.8 Å². The Morgan fingerprint density at radius 3 is 2.63 bits per heavy atom. The van der Waals surface area contributed by atoms with Crippen molar-refractivity contribution in [2.24, 2.45) is 11.8 Å². The van der Waals surface area contributed by atoms with E-state index in [9.17, 15) is 15.0 Å². The molecule has 2 saturated carbocycles. The van der Waals surface area contributed by atoms with Crippen molar-refractivity contribution in [1.82, 2.24) is 9.80 Å². The average Bonchev–Trinajstić information content (AvgIpc) is 3.55. The first-order chi connectivity index (χ1) is 18.4. The molecule has 6 aliphatic rings. The largest absolute Gasteiger partial charge is 0.504 e. The number of likely N-dealkylation sites (tertiary alicyclic amines) is 2. The second-order valence-corrected chi connectivity index (χ2v) is 13.1. The molecule has 200 valence electrons. The Labute approximate surface area is 224 Å². The number of hydrogen-bond donors (Lipinski definition) is 2. The molecule has 3 aliphatic carbocycles. The van der Waals surface area contributed by atoms with Crippen LogP contribution in [0.2, 0.25) is 0 Å². The fraction of sp³-hybridized carbons (Fsp3) is 0.594. The summed E-state index contributed by atoms with van der Waals surface area (Å²) >= 11 is 0. The van der Waals surface area contributed by atoms with E-state index in [1.807, 2.05) is 0 Å². The molecule has 3 aliphatic heterocycles. The predicted molar refractivity (Wildman–Crippen MR) is 143 cm³/mol. The summed E-state index contributed by atoms with van der Waals surface area (Å²) in [6.45, 7) is 4.84. The van der Waals surface area contributed by atoms with E-state index in [0.29, 0.717) is 12.2 Å². The summed E-state index contributed by atoms with van der Waals surface area (Å²) in [6.07, 6.45) is 6.93. The van der Waals surface area contributed by atoms with Crippen molar-refractivity contribution in [3.63, 3.8) is 0 Å². The highest BCUT2D eigenvalue weighted by molar-refractivity contribution is 5.82. The highest BCUT2D eigenvalue weighted by Gasteiger charge is 2.73. The maximum Gasteiger partial charge on any atom is 0.226 e. The first-order valence-corrected chi connectivity index (χ1v) is 14.7. The molecule has 0 aromatic heterocycles. The number of ether oxygens (including phenoxy) is 1. The quantitative estimate of drug-likeness (QED) is 0.636. The molecule has 2 aromatic carbocycles. The molecule has 2 bridgehead atoms. The normalized spacial score (nSPS) is 37.3. The van der Waals surface area contributed by atoms with Crippen LogP contribution in [0.25, 0.3) is 0 Å². The number of nitrogens with zero attached hydrogens (tertiary/aromatic N) is 2. The number of carbonyl (C=O) groups excluding carboxylic acids is 1. The number of hydrogen-bond acceptors (Lipinski definition) is 5. The number of carbonyl (C=O) groups is 1. The van der Waals surface area contributed by atoms with Gasteiger partial charge in [0.2, 0.25) is 5.91 Å². The van der Waals surface area contributed by atoms with Gasteiger partial charge in [-0.15, -0.1) is 0 Å². The minimum atomic E-state index is -0.905. The van der Waals surface area contributed by atoms with Gasteiger partial charge in [0.05, 0.1) is 17.1 Å². The van der Waals surface area contributed by atoms with Gasteiger partial charge in [0.1, 0.15) is 6.10 Å². The standard InChI is InChI=1S/C32H38N2O4/c1-19-2-4-20(5-3-19)16-23-11-14-34(30(23)36)24-10-12-32(37)26-17-22-8-9-25(35)28-27(22)31(32,29(24)38-28)13-15-33(26)18-21-6-7-21/h2-5,8-9,21,23-24,26,29,35,37H,6-7,10-18H2,1H3/t23?,24-,26-,29-,31-,32+/m0/s1. The predicted octanol–water partition coefficient (Wildman–Crippen LogP) is 3.72. The van der Waals surface area contributed by atoms with E-state index in [0.717, 1.165) is 63.2 Å². The van der Waals surface area contributed by atoms with E-state index in [1.54, 1.807) is 6.07 Å². The zero-order valence-electron chi connectivity index (χ0n) is 22.2. The Balaban J connectivity index is 1.14. The molecule has 8 rings (SSSR count). The van der Waals surface area contributed by atoms with E-state index in [1.165, 1.54) is 29.5 Å². The third-order valence-corrected chi connectivity index (χ3v) is 11.1. The number of aryl methyl sites for hydroxylation is 1. The lowest BCUT2D eigenvalue weighted by Crippen LogP contribution is -2.78. The van der Waals surface area contributed by atoms with Crippen molar-refractivity contribution in [3.8, 4) is 11.5 Å². The Kier molecular flexibility index (Phi) is 4.90. The summed E-state index contributed by atoms with van der Waals surface area (Å²) in [5, 5.41) is 23.6. The van der Waals surface area contributed by atoms with Gasteiger partial charge in [-0.25, -0.2) is 0 Å². The van der Waals surface area contributed by atoms with E-state index in [-0.39, 0.29) is 35.8 Å². The van der Waals surface area contributed by atoms with Gasteiger partial charge in [-0.1, -0.05) is 35.9 Å². The second kappa shape index (κ2) is 7.98. The van der Waals surface area contributed by atoms with Gasteiger partial charge in [0, 0.05) is 30.6 Å². The third kappa shape index (κ3) is 3.05. The minimum Gasteiger partial charge on any atom is -0.504 e. The number of phenolic OH excluding ortho intramolecular Hbond substituents is 1. The van der Waals surface area contributed by atoms with E-state index in [2.05, 4.69) is 47.1 Å². The van der Waals surface area contributed by atoms with Crippen LogP contribution in [0.5, 0.6) is 11.5 Å². The van der Waals surface area contributed by atoms with Crippen LogP contribution in [-0.4, -0.2) is 69.3 Å². The Morgan fingerprint density at radius 2 is 1.84 bits per heavy atom. The van der Waals surface area contributed by atoms with Crippen molar-refractivity contribution >= 4 is 5.91 Å². The lowest BCUT2D eigenvalue weighted by Gasteiger charge is -2.64. The zero-order chi connectivity index (χ0) is 25.8. The Bertz CT molecular complexity index is 1310. The molecule has 0 radical (unpaired) electrons. The number of aliphatic hydroxyl groups is 1. The smallest absolute Gasteiger partial charge is 0.226 e. The summed E-state index contributed by atoms with van der Waals surface area (Å²) in [4.78, 5) is 18.5. The van der Waals surface area contributed by atoms with Gasteiger partial charge in [0.25, 0.3) is 0 Å². The number of piperidine rings is 1. The maximum absolute atomic E-state index is 13.8. The van der Waals surface area contributed by atoms with Crippen molar-refractivity contribution in [1.29, 1.82) is 0 Å². The van der Waals surface area contributed by atoms with E-state index < -0.39 is 11.0 Å². The molecule has 1 unspecified atom stereocenters. The van der Waals surface area contributed by atoms with Crippen LogP contribution in [0.1, 0.15) is 60.8 Å². The van der Waals surface area contributed by atoms with Gasteiger partial charge in [-0.3, -0.25) is 9.69 Å². The molecule has 6 nitrogen and oxygen atoms in total. The molecule has 2 aromatic rings. The molecule has 38 heavy (non-hydrogen) atoms. The van der Waals surface area contributed by atoms with Crippen molar-refractivity contribution in [2.45, 2.75) is 87.5 Å². The molecule has 6 atom stereocenters. The fourth-order valence-electron chi connectivity index (χ4n) is 9.06. The lowest BCUT2D eigenvalue weighted by atomic mass is 9.48. The summed E-state index contributed by atoms with van der Waals surface area (Å²) in [6, 6.07) is 12.3. The number of rotatable bonds is 5. The molecule has 6 heteroatoms. The van der Waals surface area contributed by atoms with Crippen LogP contribution in [0.4, 0.5) is 0 Å². The number of benzene rings is 2. The van der Waals surface area contributed by atoms with E-state index in [4.69, 9.17) is 4.74 Å². The monoisotopic (exact) mass is 514 g/mol. The summed E-state index contributed by atoms with van der Waals surface area (Å²) in [7, 11) is 0. The topological polar surface area (TPSA) is 73.2 Å². The average molecular weight is 515 g/mol. The van der Waals surface area contributed by atoms with Crippen molar-refractivity contribution < 1.29 is 19.7 Å². The van der Waals surface area contributed by atoms with Crippen LogP contribution >= 0.6 is 0 Å². The summed E-state index contributed by atoms with van der Waals surface area (Å²) in [5.74, 6) is 1.71. The van der Waals surface area contributed by atoms with Crippen molar-refractivity contribution in [3.05, 3.63) is 58.7 Å². The van der Waals surface area contributed by atoms with Crippen LogP contribution in [-0.2, 0) is 23.1 Å². The SMILES string of the molecule is Cc1ccc(CC2CCN([C@H]3CC[C@@]4(O)[C@@H]5Cc6ccc(O)c7c6[C@@]4(CCN5CC4CC4)[C@H]3O7)C2=O)cc1. The molecule has 4 fully saturated rings. The highest BCUT2D eigenvalue weighted by Crippen LogP contribution is 2.66. The first-order valence-electron chi connectivity index (χ1n) is 14.7. The summed E-state index contributed by atoms with van der Waals surface area (Å²) in [5.41, 5.74) is 3.22. The number of phenols is 1. The van der Waals surface area contributed by atoms with E-state index >= 15 is 0 Å². The van der Waals surface area contributed by atoms with Gasteiger partial charge in [-0.05, 0) is 87.9 Å². The molecule has 1 amide bonds. The minimum absolute atomic E-state index is 0.0109. The molecule has 2 saturated heterocycles. The van der Waals surface area contributed by atoms with Gasteiger partial charge >= 0.3 is 0 Å². The molecule has 1 spiro atoms. The molecular weight excluding hydrogens is 476 g/mol. The van der Waals surface area contributed by atoms with Crippen LogP contribution in [0.15, 0.2) is 36.4 Å². The van der Waals surface area contributed by atoms with Crippen LogP contribution < -0.4 is 4.74 Å². The van der Waals surface area contributed by atoms with Gasteiger partial charge in [0.15, 0.2) is 11.5 Å². The maximum atomic E-state index is 13.8. The summed E-state index contributed by atoms with van der Waals surface area (Å²) < 4.78 is 6.72. The Hall–Kier alpha value is -2.57. The second-order valence-electron chi connectivity index (χ2n) is 13.1. The lowest BCUT2D eigenvalue weighted by molar-refractivity contribution is -0.200. The zero-order valence-corrected chi connectivity index (χ0v) is 22.2. The molecule has 3 heterocycles. The van der Waals surface area contributed by atoms with Crippen molar-refractivity contribution in [2.75, 3.05) is 19.6 Å². The number of aromatic hydroxyl groups is 1. The Morgan fingerprint density at radius 1 is 1.03 bits per heavy atom. The first kappa shape index (κ1) is 23.3. The highest BCUT2D eigenvalue weighted by atomic mass is 16.5. The fourth-order valence-corrected chi connectivity index (χ4v) is 9.06.